The fourth-order valence-corrected chi connectivity index (χ4v) is 1.71. The van der Waals surface area contributed by atoms with E-state index in [9.17, 15) is 0 Å². The molecular formula is C10H13Cl2NO. The van der Waals surface area contributed by atoms with Crippen LogP contribution in [0.3, 0.4) is 0 Å². The zero-order valence-corrected chi connectivity index (χ0v) is 9.69. The molecule has 14 heavy (non-hydrogen) atoms. The van der Waals surface area contributed by atoms with Crippen molar-refractivity contribution in [1.82, 2.24) is 5.32 Å². The van der Waals surface area contributed by atoms with Crippen LogP contribution in [0.1, 0.15) is 11.6 Å². The van der Waals surface area contributed by atoms with Crippen LogP contribution in [0.2, 0.25) is 10.0 Å². The van der Waals surface area contributed by atoms with Gasteiger partial charge in [-0.1, -0.05) is 23.2 Å². The lowest BCUT2D eigenvalue weighted by atomic mass is 10.1. The molecule has 0 spiro atoms. The quantitative estimate of drug-likeness (QED) is 0.864. The summed E-state index contributed by atoms with van der Waals surface area (Å²) in [6.45, 7) is 0.566. The SMILES string of the molecule is CNC(COC)c1cc(Cl)ccc1Cl. The van der Waals surface area contributed by atoms with Gasteiger partial charge in [0.1, 0.15) is 0 Å². The van der Waals surface area contributed by atoms with Crippen LogP contribution >= 0.6 is 23.2 Å². The number of rotatable bonds is 4. The second kappa shape index (κ2) is 5.56. The van der Waals surface area contributed by atoms with E-state index in [2.05, 4.69) is 5.32 Å². The molecule has 2 nitrogen and oxygen atoms in total. The minimum atomic E-state index is 0.0752. The molecule has 1 rings (SSSR count). The average Bonchev–Trinajstić information content (AvgIpc) is 2.18. The highest BCUT2D eigenvalue weighted by atomic mass is 35.5. The molecule has 1 aromatic carbocycles. The van der Waals surface area contributed by atoms with Crippen LogP contribution in [0.5, 0.6) is 0 Å². The van der Waals surface area contributed by atoms with Crippen molar-refractivity contribution in [3.8, 4) is 0 Å². The molecule has 1 aromatic rings. The van der Waals surface area contributed by atoms with Gasteiger partial charge in [-0.3, -0.25) is 0 Å². The second-order valence-electron chi connectivity index (χ2n) is 2.96. The Hall–Kier alpha value is -0.280. The van der Waals surface area contributed by atoms with Crippen LogP contribution in [0, 0.1) is 0 Å². The summed E-state index contributed by atoms with van der Waals surface area (Å²) >= 11 is 11.9. The molecule has 0 saturated carbocycles. The van der Waals surface area contributed by atoms with E-state index in [1.165, 1.54) is 0 Å². The molecule has 0 aliphatic heterocycles. The molecule has 0 fully saturated rings. The molecule has 0 radical (unpaired) electrons. The van der Waals surface area contributed by atoms with E-state index < -0.39 is 0 Å². The Bertz CT molecular complexity index is 304. The summed E-state index contributed by atoms with van der Waals surface area (Å²) in [5, 5.41) is 4.50. The van der Waals surface area contributed by atoms with Crippen molar-refractivity contribution in [3.05, 3.63) is 33.8 Å². The van der Waals surface area contributed by atoms with Crippen LogP contribution in [0.25, 0.3) is 0 Å². The molecule has 0 saturated heterocycles. The first kappa shape index (κ1) is 11.8. The van der Waals surface area contributed by atoms with Crippen molar-refractivity contribution in [2.24, 2.45) is 0 Å². The minimum absolute atomic E-state index is 0.0752. The first-order valence-electron chi connectivity index (χ1n) is 4.30. The van der Waals surface area contributed by atoms with Crippen LogP contribution in [0.15, 0.2) is 18.2 Å². The van der Waals surface area contributed by atoms with E-state index in [1.54, 1.807) is 19.2 Å². The van der Waals surface area contributed by atoms with Crippen molar-refractivity contribution < 1.29 is 4.74 Å². The highest BCUT2D eigenvalue weighted by Gasteiger charge is 2.12. The topological polar surface area (TPSA) is 21.3 Å². The summed E-state index contributed by atoms with van der Waals surface area (Å²) in [7, 11) is 3.52. The maximum Gasteiger partial charge on any atom is 0.0658 e. The molecule has 0 amide bonds. The van der Waals surface area contributed by atoms with Gasteiger partial charge in [-0.2, -0.15) is 0 Å². The first-order chi connectivity index (χ1) is 6.69. The van der Waals surface area contributed by atoms with Crippen LogP contribution in [-0.4, -0.2) is 20.8 Å². The number of nitrogens with one attached hydrogen (secondary N) is 1. The fraction of sp³-hybridized carbons (Fsp3) is 0.400. The van der Waals surface area contributed by atoms with Gasteiger partial charge in [0.05, 0.1) is 12.6 Å². The molecule has 0 bridgehead atoms. The molecule has 1 atom stereocenters. The zero-order chi connectivity index (χ0) is 10.6. The van der Waals surface area contributed by atoms with Crippen molar-refractivity contribution in [2.75, 3.05) is 20.8 Å². The minimum Gasteiger partial charge on any atom is -0.383 e. The van der Waals surface area contributed by atoms with E-state index in [-0.39, 0.29) is 6.04 Å². The largest absolute Gasteiger partial charge is 0.383 e. The third-order valence-corrected chi connectivity index (χ3v) is 2.59. The maximum absolute atomic E-state index is 6.05. The summed E-state index contributed by atoms with van der Waals surface area (Å²) < 4.78 is 5.08. The summed E-state index contributed by atoms with van der Waals surface area (Å²) in [4.78, 5) is 0. The normalized spacial score (nSPS) is 12.9. The zero-order valence-electron chi connectivity index (χ0n) is 8.18. The number of ether oxygens (including phenoxy) is 1. The van der Waals surface area contributed by atoms with Gasteiger partial charge >= 0.3 is 0 Å². The van der Waals surface area contributed by atoms with Gasteiger partial charge in [0.25, 0.3) is 0 Å². The van der Waals surface area contributed by atoms with Crippen molar-refractivity contribution >= 4 is 23.2 Å². The van der Waals surface area contributed by atoms with E-state index in [1.807, 2.05) is 13.1 Å². The smallest absolute Gasteiger partial charge is 0.0658 e. The first-order valence-corrected chi connectivity index (χ1v) is 5.05. The number of hydrogen-bond acceptors (Lipinski definition) is 2. The lowest BCUT2D eigenvalue weighted by Crippen LogP contribution is -2.21. The summed E-state index contributed by atoms with van der Waals surface area (Å²) in [6.07, 6.45) is 0. The Morgan fingerprint density at radius 2 is 2.14 bits per heavy atom. The highest BCUT2D eigenvalue weighted by Crippen LogP contribution is 2.26. The number of halogens is 2. The van der Waals surface area contributed by atoms with Gasteiger partial charge < -0.3 is 10.1 Å². The average molecular weight is 234 g/mol. The summed E-state index contributed by atoms with van der Waals surface area (Å²) in [6, 6.07) is 5.49. The van der Waals surface area contributed by atoms with Gasteiger partial charge in [0, 0.05) is 17.2 Å². The van der Waals surface area contributed by atoms with Gasteiger partial charge in [0.15, 0.2) is 0 Å². The lowest BCUT2D eigenvalue weighted by molar-refractivity contribution is 0.170. The number of methoxy groups -OCH3 is 1. The third-order valence-electron chi connectivity index (χ3n) is 2.02. The van der Waals surface area contributed by atoms with E-state index in [0.29, 0.717) is 16.7 Å². The van der Waals surface area contributed by atoms with Gasteiger partial charge in [-0.05, 0) is 30.8 Å². The summed E-state index contributed by atoms with van der Waals surface area (Å²) in [5.41, 5.74) is 0.962. The Labute approximate surface area is 94.2 Å². The second-order valence-corrected chi connectivity index (χ2v) is 3.81. The maximum atomic E-state index is 6.05. The molecular weight excluding hydrogens is 221 g/mol. The Kier molecular flexibility index (Phi) is 4.69. The molecule has 1 N–H and O–H groups in total. The van der Waals surface area contributed by atoms with Crippen LogP contribution in [0.4, 0.5) is 0 Å². The Morgan fingerprint density at radius 1 is 1.43 bits per heavy atom. The highest BCUT2D eigenvalue weighted by molar-refractivity contribution is 6.33. The standard InChI is InChI=1S/C10H13Cl2NO/c1-13-10(6-14-2)8-5-7(11)3-4-9(8)12/h3-5,10,13H,6H2,1-2H3. The van der Waals surface area contributed by atoms with Gasteiger partial charge in [-0.25, -0.2) is 0 Å². The molecule has 0 aliphatic rings. The van der Waals surface area contributed by atoms with Crippen LogP contribution < -0.4 is 5.32 Å². The van der Waals surface area contributed by atoms with Crippen molar-refractivity contribution in [3.63, 3.8) is 0 Å². The number of hydrogen-bond donors (Lipinski definition) is 1. The molecule has 0 heterocycles. The van der Waals surface area contributed by atoms with E-state index in [4.69, 9.17) is 27.9 Å². The predicted octanol–water partition coefficient (Wildman–Crippen LogP) is 2.90. The van der Waals surface area contributed by atoms with Crippen LogP contribution in [-0.2, 0) is 4.74 Å². The Balaban J connectivity index is 2.96. The summed E-state index contributed by atoms with van der Waals surface area (Å²) in [5.74, 6) is 0. The third kappa shape index (κ3) is 2.85. The molecule has 0 aromatic heterocycles. The molecule has 4 heteroatoms. The molecule has 0 aliphatic carbocycles. The van der Waals surface area contributed by atoms with Crippen molar-refractivity contribution in [2.45, 2.75) is 6.04 Å². The molecule has 78 valence electrons. The Morgan fingerprint density at radius 3 is 2.71 bits per heavy atom. The van der Waals surface area contributed by atoms with E-state index >= 15 is 0 Å². The van der Waals surface area contributed by atoms with Crippen molar-refractivity contribution in [1.29, 1.82) is 0 Å². The number of benzene rings is 1. The molecule has 1 unspecified atom stereocenters. The monoisotopic (exact) mass is 233 g/mol. The van der Waals surface area contributed by atoms with E-state index in [0.717, 1.165) is 5.56 Å². The predicted molar refractivity (Wildman–Crippen MR) is 60.1 cm³/mol. The fourth-order valence-electron chi connectivity index (χ4n) is 1.28. The van der Waals surface area contributed by atoms with Gasteiger partial charge in [0.2, 0.25) is 0 Å². The lowest BCUT2D eigenvalue weighted by Gasteiger charge is -2.17. The van der Waals surface area contributed by atoms with Gasteiger partial charge in [-0.15, -0.1) is 0 Å². The number of likely N-dealkylation sites (N-methyl/N-ethyl adjacent to an activating group) is 1.